The van der Waals surface area contributed by atoms with Gasteiger partial charge in [-0.1, -0.05) is 18.2 Å². The number of rotatable bonds is 4. The summed E-state index contributed by atoms with van der Waals surface area (Å²) >= 11 is 0. The van der Waals surface area contributed by atoms with Gasteiger partial charge < -0.3 is 18.9 Å². The zero-order valence-corrected chi connectivity index (χ0v) is 13.7. The Morgan fingerprint density at radius 3 is 2.75 bits per heavy atom. The van der Waals surface area contributed by atoms with E-state index < -0.39 is 23.6 Å². The molecule has 24 heavy (non-hydrogen) atoms. The van der Waals surface area contributed by atoms with Crippen LogP contribution >= 0.6 is 0 Å². The number of benzene rings is 1. The number of ether oxygens (including phenoxy) is 4. The standard InChI is InChI=1S/C18H20O6/c1-17-10-18(21-2)8-12(14(17)19)13(16(23-17)24-18)9-22-15(20)11-6-4-3-5-7-11/h3-7,12-13,16H,8-10H2,1-2H3. The average Bonchev–Trinajstić information content (AvgIpc) is 2.59. The predicted octanol–water partition coefficient (Wildman–Crippen LogP) is 1.93. The van der Waals surface area contributed by atoms with Crippen molar-refractivity contribution in [1.29, 1.82) is 0 Å². The first kappa shape index (κ1) is 15.7. The lowest BCUT2D eigenvalue weighted by Crippen LogP contribution is -2.72. The maximum absolute atomic E-state index is 12.7. The van der Waals surface area contributed by atoms with Gasteiger partial charge in [-0.2, -0.15) is 0 Å². The quantitative estimate of drug-likeness (QED) is 0.785. The summed E-state index contributed by atoms with van der Waals surface area (Å²) in [5.41, 5.74) is -0.392. The second kappa shape index (κ2) is 5.37. The molecular formula is C18H20O6. The van der Waals surface area contributed by atoms with Gasteiger partial charge >= 0.3 is 5.97 Å². The summed E-state index contributed by atoms with van der Waals surface area (Å²) in [6, 6.07) is 8.77. The molecule has 1 saturated carbocycles. The van der Waals surface area contributed by atoms with E-state index in [2.05, 4.69) is 0 Å². The molecule has 5 rings (SSSR count). The Balaban J connectivity index is 1.50. The zero-order valence-electron chi connectivity index (χ0n) is 13.7. The Kier molecular flexibility index (Phi) is 3.53. The van der Waals surface area contributed by atoms with Crippen molar-refractivity contribution in [3.05, 3.63) is 35.9 Å². The highest BCUT2D eigenvalue weighted by Gasteiger charge is 2.67. The number of carbonyl (C=O) groups excluding carboxylic acids is 2. The minimum Gasteiger partial charge on any atom is -0.462 e. The molecule has 3 aliphatic heterocycles. The summed E-state index contributed by atoms with van der Waals surface area (Å²) in [5, 5.41) is 0. The van der Waals surface area contributed by atoms with E-state index in [1.807, 2.05) is 6.07 Å². The molecule has 3 saturated heterocycles. The average molecular weight is 332 g/mol. The molecule has 4 aliphatic rings. The lowest BCUT2D eigenvalue weighted by atomic mass is 9.65. The highest BCUT2D eigenvalue weighted by Crippen LogP contribution is 2.55. The highest BCUT2D eigenvalue weighted by molar-refractivity contribution is 5.92. The molecule has 128 valence electrons. The first-order valence-corrected chi connectivity index (χ1v) is 8.14. The molecule has 0 N–H and O–H groups in total. The molecule has 6 heteroatoms. The van der Waals surface area contributed by atoms with Crippen molar-refractivity contribution >= 4 is 11.8 Å². The van der Waals surface area contributed by atoms with Crippen LogP contribution in [0, 0.1) is 11.8 Å². The van der Waals surface area contributed by atoms with Crippen molar-refractivity contribution < 1.29 is 28.5 Å². The fourth-order valence-corrected chi connectivity index (χ4v) is 4.11. The third-order valence-electron chi connectivity index (χ3n) is 5.36. The van der Waals surface area contributed by atoms with Gasteiger partial charge in [-0.05, 0) is 19.1 Å². The van der Waals surface area contributed by atoms with Crippen LogP contribution in [0.1, 0.15) is 30.1 Å². The van der Waals surface area contributed by atoms with Gasteiger partial charge in [0.05, 0.1) is 11.5 Å². The molecular weight excluding hydrogens is 312 g/mol. The van der Waals surface area contributed by atoms with Crippen LogP contribution in [0.5, 0.6) is 0 Å². The van der Waals surface area contributed by atoms with Crippen molar-refractivity contribution in [2.24, 2.45) is 11.8 Å². The molecule has 4 bridgehead atoms. The first-order valence-electron chi connectivity index (χ1n) is 8.14. The molecule has 5 unspecified atom stereocenters. The minimum absolute atomic E-state index is 0.0514. The maximum atomic E-state index is 12.7. The Hall–Kier alpha value is -1.76. The van der Waals surface area contributed by atoms with Crippen LogP contribution in [0.3, 0.4) is 0 Å². The molecule has 0 radical (unpaired) electrons. The lowest BCUT2D eigenvalue weighted by molar-refractivity contribution is -0.426. The molecule has 5 atom stereocenters. The van der Waals surface area contributed by atoms with Crippen molar-refractivity contribution in [3.63, 3.8) is 0 Å². The smallest absolute Gasteiger partial charge is 0.338 e. The van der Waals surface area contributed by atoms with Crippen LogP contribution in [-0.4, -0.2) is 43.1 Å². The van der Waals surface area contributed by atoms with E-state index >= 15 is 0 Å². The topological polar surface area (TPSA) is 71.1 Å². The van der Waals surface area contributed by atoms with E-state index in [1.165, 1.54) is 0 Å². The van der Waals surface area contributed by atoms with Gasteiger partial charge in [-0.15, -0.1) is 0 Å². The van der Waals surface area contributed by atoms with Crippen LogP contribution in [0.2, 0.25) is 0 Å². The number of hydrogen-bond donors (Lipinski definition) is 0. The van der Waals surface area contributed by atoms with Crippen molar-refractivity contribution in [2.45, 2.75) is 37.4 Å². The fraction of sp³-hybridized carbons (Fsp3) is 0.556. The van der Waals surface area contributed by atoms with Crippen LogP contribution in [0.25, 0.3) is 0 Å². The Bertz CT molecular complexity index is 673. The molecule has 6 nitrogen and oxygen atoms in total. The van der Waals surface area contributed by atoms with Crippen LogP contribution in [0.4, 0.5) is 0 Å². The Morgan fingerprint density at radius 1 is 1.29 bits per heavy atom. The van der Waals surface area contributed by atoms with Gasteiger partial charge in [-0.25, -0.2) is 4.79 Å². The van der Waals surface area contributed by atoms with E-state index in [0.29, 0.717) is 18.4 Å². The molecule has 4 fully saturated rings. The molecule has 1 aromatic rings. The Morgan fingerprint density at radius 2 is 2.04 bits per heavy atom. The third-order valence-corrected chi connectivity index (χ3v) is 5.36. The molecule has 0 spiro atoms. The van der Waals surface area contributed by atoms with Crippen molar-refractivity contribution in [2.75, 3.05) is 13.7 Å². The minimum atomic E-state index is -0.873. The van der Waals surface area contributed by atoms with E-state index in [-0.39, 0.29) is 24.2 Å². The second-order valence-corrected chi connectivity index (χ2v) is 6.93. The summed E-state index contributed by atoms with van der Waals surface area (Å²) in [5.74, 6) is -1.71. The van der Waals surface area contributed by atoms with Gasteiger partial charge in [0, 0.05) is 25.9 Å². The summed E-state index contributed by atoms with van der Waals surface area (Å²) in [6.07, 6.45) is 0.285. The maximum Gasteiger partial charge on any atom is 0.338 e. The van der Waals surface area contributed by atoms with Crippen LogP contribution in [0.15, 0.2) is 30.3 Å². The number of hydrogen-bond acceptors (Lipinski definition) is 6. The van der Waals surface area contributed by atoms with Crippen molar-refractivity contribution in [1.82, 2.24) is 0 Å². The molecule has 1 aromatic carbocycles. The second-order valence-electron chi connectivity index (χ2n) is 6.93. The molecule has 3 heterocycles. The summed E-state index contributed by atoms with van der Waals surface area (Å²) in [7, 11) is 1.59. The van der Waals surface area contributed by atoms with Crippen molar-refractivity contribution in [3.8, 4) is 0 Å². The first-order chi connectivity index (χ1) is 11.5. The predicted molar refractivity (Wildman–Crippen MR) is 82.0 cm³/mol. The monoisotopic (exact) mass is 332 g/mol. The van der Waals surface area contributed by atoms with Crippen LogP contribution in [-0.2, 0) is 23.7 Å². The normalized spacial score (nSPS) is 39.9. The van der Waals surface area contributed by atoms with Crippen LogP contribution < -0.4 is 0 Å². The Labute approximate surface area is 140 Å². The summed E-state index contributed by atoms with van der Waals surface area (Å²) in [6.45, 7) is 1.88. The molecule has 1 aliphatic carbocycles. The zero-order chi connectivity index (χ0) is 16.9. The van der Waals surface area contributed by atoms with Gasteiger partial charge in [-0.3, -0.25) is 4.79 Å². The number of carbonyl (C=O) groups is 2. The van der Waals surface area contributed by atoms with Gasteiger partial charge in [0.1, 0.15) is 12.2 Å². The van der Waals surface area contributed by atoms with E-state index in [0.717, 1.165) is 0 Å². The molecule has 0 aromatic heterocycles. The molecule has 0 amide bonds. The third kappa shape index (κ3) is 2.29. The lowest BCUT2D eigenvalue weighted by Gasteiger charge is -2.60. The number of esters is 1. The highest BCUT2D eigenvalue weighted by atomic mass is 16.8. The van der Waals surface area contributed by atoms with Gasteiger partial charge in [0.2, 0.25) is 0 Å². The number of methoxy groups -OCH3 is 1. The van der Waals surface area contributed by atoms with Gasteiger partial charge in [0.15, 0.2) is 17.9 Å². The largest absolute Gasteiger partial charge is 0.462 e. The van der Waals surface area contributed by atoms with E-state index in [4.69, 9.17) is 18.9 Å². The van der Waals surface area contributed by atoms with Gasteiger partial charge in [0.25, 0.3) is 0 Å². The fourth-order valence-electron chi connectivity index (χ4n) is 4.11. The SMILES string of the molecule is COC12CC3C(=O)C(C)(C1)OC(O2)C3COC(=O)c1ccccc1. The van der Waals surface area contributed by atoms with E-state index in [9.17, 15) is 9.59 Å². The van der Waals surface area contributed by atoms with E-state index in [1.54, 1.807) is 38.3 Å². The summed E-state index contributed by atoms with van der Waals surface area (Å²) < 4.78 is 22.7. The number of Topliss-reactive ketones (excluding diaryl/α,β-unsaturated/α-hetero) is 1. The summed E-state index contributed by atoms with van der Waals surface area (Å²) in [4.78, 5) is 24.8. The number of ketones is 1.